The Labute approximate surface area is 115 Å². The van der Waals surface area contributed by atoms with E-state index in [0.29, 0.717) is 6.54 Å². The van der Waals surface area contributed by atoms with E-state index in [0.717, 1.165) is 15.9 Å². The Bertz CT molecular complexity index is 690. The van der Waals surface area contributed by atoms with Crippen molar-refractivity contribution in [2.75, 3.05) is 6.54 Å². The van der Waals surface area contributed by atoms with Gasteiger partial charge in [0.25, 0.3) is 5.91 Å². The zero-order valence-electron chi connectivity index (χ0n) is 11.4. The van der Waals surface area contributed by atoms with Crippen LogP contribution in [0, 0.1) is 0 Å². The Balaban J connectivity index is 1.77. The topological polar surface area (TPSA) is 64.4 Å². The lowest BCUT2D eigenvalue weighted by molar-refractivity contribution is -0.134. The standard InChI is InChI=1S/C14H15N3O3/c1-14(2)12(18)17(13(19)20-14)8-7-16-9-15-10-5-3-4-6-11(10)16/h3-6,9H,7-8H2,1-2H3. The van der Waals surface area contributed by atoms with Crippen LogP contribution in [0.4, 0.5) is 4.79 Å². The van der Waals surface area contributed by atoms with Gasteiger partial charge in [-0.15, -0.1) is 0 Å². The summed E-state index contributed by atoms with van der Waals surface area (Å²) in [5, 5.41) is 0. The lowest BCUT2D eigenvalue weighted by atomic mass is 10.1. The molecule has 0 saturated carbocycles. The number of hydrogen-bond donors (Lipinski definition) is 0. The minimum Gasteiger partial charge on any atom is -0.433 e. The van der Waals surface area contributed by atoms with E-state index in [4.69, 9.17) is 4.74 Å². The summed E-state index contributed by atoms with van der Waals surface area (Å²) in [7, 11) is 0. The molecular formula is C14H15N3O3. The lowest BCUT2D eigenvalue weighted by Gasteiger charge is -2.14. The largest absolute Gasteiger partial charge is 0.433 e. The lowest BCUT2D eigenvalue weighted by Crippen LogP contribution is -2.37. The Kier molecular flexibility index (Phi) is 2.74. The molecule has 2 heterocycles. The third-order valence-electron chi connectivity index (χ3n) is 3.41. The van der Waals surface area contributed by atoms with E-state index in [1.165, 1.54) is 0 Å². The summed E-state index contributed by atoms with van der Waals surface area (Å²) in [6.45, 7) is 3.97. The van der Waals surface area contributed by atoms with Crippen LogP contribution in [0.25, 0.3) is 11.0 Å². The normalized spacial score (nSPS) is 17.8. The zero-order chi connectivity index (χ0) is 14.3. The highest BCUT2D eigenvalue weighted by molar-refractivity contribution is 6.02. The molecule has 2 aromatic rings. The Morgan fingerprint density at radius 1 is 1.20 bits per heavy atom. The fraction of sp³-hybridized carbons (Fsp3) is 0.357. The fourth-order valence-corrected chi connectivity index (χ4v) is 2.31. The Morgan fingerprint density at radius 2 is 1.95 bits per heavy atom. The predicted octanol–water partition coefficient (Wildman–Crippen LogP) is 1.79. The van der Waals surface area contributed by atoms with Crippen LogP contribution in [0.1, 0.15) is 13.8 Å². The molecule has 6 nitrogen and oxygen atoms in total. The van der Waals surface area contributed by atoms with Gasteiger partial charge in [-0.1, -0.05) is 12.1 Å². The van der Waals surface area contributed by atoms with Crippen LogP contribution in [-0.4, -0.2) is 38.6 Å². The molecular weight excluding hydrogens is 258 g/mol. The number of carbonyl (C=O) groups excluding carboxylic acids is 2. The van der Waals surface area contributed by atoms with Gasteiger partial charge < -0.3 is 9.30 Å². The van der Waals surface area contributed by atoms with Crippen LogP contribution in [0.2, 0.25) is 0 Å². The van der Waals surface area contributed by atoms with E-state index in [1.54, 1.807) is 20.2 Å². The first-order chi connectivity index (χ1) is 9.49. The van der Waals surface area contributed by atoms with E-state index in [2.05, 4.69) is 4.98 Å². The van der Waals surface area contributed by atoms with Crippen molar-refractivity contribution in [2.24, 2.45) is 0 Å². The fourth-order valence-electron chi connectivity index (χ4n) is 2.31. The monoisotopic (exact) mass is 273 g/mol. The first-order valence-electron chi connectivity index (χ1n) is 6.44. The zero-order valence-corrected chi connectivity index (χ0v) is 11.4. The van der Waals surface area contributed by atoms with Crippen molar-refractivity contribution in [1.82, 2.24) is 14.5 Å². The number of nitrogens with zero attached hydrogens (tertiary/aromatic N) is 3. The molecule has 1 aromatic heterocycles. The molecule has 104 valence electrons. The number of fused-ring (bicyclic) bond motifs is 1. The van der Waals surface area contributed by atoms with Crippen molar-refractivity contribution >= 4 is 23.0 Å². The van der Waals surface area contributed by atoms with Crippen LogP contribution >= 0.6 is 0 Å². The number of amides is 2. The van der Waals surface area contributed by atoms with Gasteiger partial charge in [-0.2, -0.15) is 0 Å². The number of carbonyl (C=O) groups is 2. The maximum atomic E-state index is 12.0. The van der Waals surface area contributed by atoms with Gasteiger partial charge in [-0.05, 0) is 26.0 Å². The van der Waals surface area contributed by atoms with Crippen LogP contribution in [0.3, 0.4) is 0 Å². The van der Waals surface area contributed by atoms with Gasteiger partial charge in [0.05, 0.1) is 23.9 Å². The SMILES string of the molecule is CC1(C)OC(=O)N(CCn2cnc3ccccc32)C1=O. The smallest absolute Gasteiger partial charge is 0.417 e. The molecule has 0 unspecified atom stereocenters. The first-order valence-corrected chi connectivity index (χ1v) is 6.44. The molecule has 0 bridgehead atoms. The number of ether oxygens (including phenoxy) is 1. The molecule has 0 atom stereocenters. The molecule has 6 heteroatoms. The van der Waals surface area contributed by atoms with Gasteiger partial charge in [-0.3, -0.25) is 4.79 Å². The summed E-state index contributed by atoms with van der Waals surface area (Å²) in [5.41, 5.74) is 0.809. The van der Waals surface area contributed by atoms with Crippen LogP contribution in [0.15, 0.2) is 30.6 Å². The van der Waals surface area contributed by atoms with Gasteiger partial charge in [0.2, 0.25) is 0 Å². The third kappa shape index (κ3) is 1.93. The number of imide groups is 1. The molecule has 20 heavy (non-hydrogen) atoms. The molecule has 1 aliphatic rings. The number of para-hydroxylation sites is 2. The van der Waals surface area contributed by atoms with Crippen LogP contribution < -0.4 is 0 Å². The molecule has 0 aliphatic carbocycles. The molecule has 1 aliphatic heterocycles. The Hall–Kier alpha value is -2.37. The van der Waals surface area contributed by atoms with Gasteiger partial charge in [0.15, 0.2) is 5.60 Å². The average molecular weight is 273 g/mol. The number of cyclic esters (lactones) is 1. The molecule has 0 radical (unpaired) electrons. The second kappa shape index (κ2) is 4.33. The summed E-state index contributed by atoms with van der Waals surface area (Å²) in [6, 6.07) is 7.73. The minimum atomic E-state index is -1.06. The van der Waals surface area contributed by atoms with E-state index in [1.807, 2.05) is 28.8 Å². The summed E-state index contributed by atoms with van der Waals surface area (Å²) in [6.07, 6.45) is 1.13. The van der Waals surface area contributed by atoms with E-state index in [-0.39, 0.29) is 12.5 Å². The van der Waals surface area contributed by atoms with Crippen molar-refractivity contribution in [3.8, 4) is 0 Å². The molecule has 2 amide bonds. The average Bonchev–Trinajstić information content (AvgIpc) is 2.89. The third-order valence-corrected chi connectivity index (χ3v) is 3.41. The number of benzene rings is 1. The predicted molar refractivity (Wildman–Crippen MR) is 72.0 cm³/mol. The number of aromatic nitrogens is 2. The maximum Gasteiger partial charge on any atom is 0.417 e. The van der Waals surface area contributed by atoms with Gasteiger partial charge in [0, 0.05) is 6.54 Å². The highest BCUT2D eigenvalue weighted by atomic mass is 16.6. The molecule has 1 aromatic carbocycles. The number of imidazole rings is 1. The quantitative estimate of drug-likeness (QED) is 0.855. The van der Waals surface area contributed by atoms with Crippen LogP contribution in [0.5, 0.6) is 0 Å². The highest BCUT2D eigenvalue weighted by Gasteiger charge is 2.46. The maximum absolute atomic E-state index is 12.0. The summed E-state index contributed by atoms with van der Waals surface area (Å²) in [5.74, 6) is -0.299. The van der Waals surface area contributed by atoms with Gasteiger partial charge in [0.1, 0.15) is 0 Å². The van der Waals surface area contributed by atoms with Crippen molar-refractivity contribution in [3.63, 3.8) is 0 Å². The van der Waals surface area contributed by atoms with Crippen molar-refractivity contribution in [3.05, 3.63) is 30.6 Å². The molecule has 1 fully saturated rings. The van der Waals surface area contributed by atoms with Gasteiger partial charge >= 0.3 is 6.09 Å². The summed E-state index contributed by atoms with van der Waals surface area (Å²) < 4.78 is 6.96. The van der Waals surface area contributed by atoms with Crippen LogP contribution in [-0.2, 0) is 16.1 Å². The summed E-state index contributed by atoms with van der Waals surface area (Å²) >= 11 is 0. The number of rotatable bonds is 3. The van der Waals surface area contributed by atoms with Crippen molar-refractivity contribution < 1.29 is 14.3 Å². The first kappa shape index (κ1) is 12.7. The molecule has 0 N–H and O–H groups in total. The second-order valence-corrected chi connectivity index (χ2v) is 5.26. The second-order valence-electron chi connectivity index (χ2n) is 5.26. The van der Waals surface area contributed by atoms with E-state index in [9.17, 15) is 9.59 Å². The molecule has 1 saturated heterocycles. The van der Waals surface area contributed by atoms with Crippen molar-refractivity contribution in [1.29, 1.82) is 0 Å². The molecule has 0 spiro atoms. The summed E-state index contributed by atoms with van der Waals surface area (Å²) in [4.78, 5) is 29.1. The van der Waals surface area contributed by atoms with E-state index >= 15 is 0 Å². The molecule has 3 rings (SSSR count). The van der Waals surface area contributed by atoms with Gasteiger partial charge in [-0.25, -0.2) is 14.7 Å². The number of hydrogen-bond acceptors (Lipinski definition) is 4. The highest BCUT2D eigenvalue weighted by Crippen LogP contribution is 2.23. The Morgan fingerprint density at radius 3 is 2.65 bits per heavy atom. The minimum absolute atomic E-state index is 0.279. The van der Waals surface area contributed by atoms with E-state index < -0.39 is 11.7 Å². The van der Waals surface area contributed by atoms with Crippen molar-refractivity contribution in [2.45, 2.75) is 26.0 Å².